The van der Waals surface area contributed by atoms with Crippen molar-refractivity contribution in [2.45, 2.75) is 63.2 Å². The summed E-state index contributed by atoms with van der Waals surface area (Å²) in [6.45, 7) is 7.47. The number of nitrogens with zero attached hydrogens (tertiary/aromatic N) is 3. The van der Waals surface area contributed by atoms with Gasteiger partial charge in [-0.05, 0) is 55.6 Å². The lowest BCUT2D eigenvalue weighted by molar-refractivity contribution is -0.143. The molecule has 3 saturated heterocycles. The van der Waals surface area contributed by atoms with Crippen LogP contribution in [0.25, 0.3) is 0 Å². The van der Waals surface area contributed by atoms with E-state index in [9.17, 15) is 14.4 Å². The van der Waals surface area contributed by atoms with Gasteiger partial charge in [0.25, 0.3) is 5.91 Å². The second-order valence-corrected chi connectivity index (χ2v) is 12.9. The molecule has 12 heteroatoms. The number of nitrogens with two attached hydrogens (primary N) is 1. The molecule has 0 saturated carbocycles. The number of likely N-dealkylation sites (tertiary alicyclic amines) is 1. The number of amides is 3. The molecular formula is C33H43ClN6O5. The molecule has 4 N–H and O–H groups in total. The van der Waals surface area contributed by atoms with Crippen molar-refractivity contribution in [2.75, 3.05) is 63.4 Å². The molecule has 0 bridgehead atoms. The van der Waals surface area contributed by atoms with Gasteiger partial charge in [0.15, 0.2) is 6.10 Å². The maximum Gasteiger partial charge on any atom is 0.412 e. The Hall–Kier alpha value is -3.54. The summed E-state index contributed by atoms with van der Waals surface area (Å²) < 4.78 is 11.9. The number of carbonyl (C=O) groups is 3. The Morgan fingerprint density at radius 2 is 1.78 bits per heavy atom. The number of halogens is 1. The summed E-state index contributed by atoms with van der Waals surface area (Å²) in [6.07, 6.45) is 1.91. The van der Waals surface area contributed by atoms with Crippen LogP contribution in [-0.4, -0.2) is 97.3 Å². The highest BCUT2D eigenvalue weighted by Gasteiger charge is 2.45. The number of piperidine rings is 2. The number of nitrogen functional groups attached to an aromatic ring is 1. The first-order valence-corrected chi connectivity index (χ1v) is 16.5. The number of hydrogen-bond donors (Lipinski definition) is 3. The van der Waals surface area contributed by atoms with Crippen molar-refractivity contribution in [2.24, 2.45) is 0 Å². The highest BCUT2D eigenvalue weighted by molar-refractivity contribution is 6.33. The van der Waals surface area contributed by atoms with Crippen LogP contribution >= 0.6 is 11.6 Å². The number of hydrogen-bond acceptors (Lipinski definition) is 8. The van der Waals surface area contributed by atoms with E-state index in [2.05, 4.69) is 15.5 Å². The van der Waals surface area contributed by atoms with Crippen molar-refractivity contribution in [3.05, 3.63) is 58.1 Å². The molecular weight excluding hydrogens is 596 g/mol. The lowest BCUT2D eigenvalue weighted by Gasteiger charge is -2.44. The van der Waals surface area contributed by atoms with Gasteiger partial charge in [-0.3, -0.25) is 15.0 Å². The minimum absolute atomic E-state index is 0.195. The zero-order chi connectivity index (χ0) is 31.6. The molecule has 6 rings (SSSR count). The van der Waals surface area contributed by atoms with E-state index >= 15 is 0 Å². The number of para-hydroxylation sites is 1. The SMILES string of the molecule is CCc1cc(C[C@@H](OC(=O)N2CCC3(CC2)OC(=O)Nc2ccccc23)C(=O)N2CCN(C3CCNCC3)CC2)cc(Cl)c1N. The number of benzene rings is 2. The molecule has 0 unspecified atom stereocenters. The monoisotopic (exact) mass is 638 g/mol. The predicted octanol–water partition coefficient (Wildman–Crippen LogP) is 3.98. The molecule has 3 fully saturated rings. The number of rotatable bonds is 6. The summed E-state index contributed by atoms with van der Waals surface area (Å²) in [5.41, 5.74) is 9.21. The van der Waals surface area contributed by atoms with Gasteiger partial charge in [0.05, 0.1) is 16.4 Å². The first-order valence-electron chi connectivity index (χ1n) is 16.1. The molecule has 3 amide bonds. The zero-order valence-electron chi connectivity index (χ0n) is 25.9. The third-order valence-electron chi connectivity index (χ3n) is 9.82. The van der Waals surface area contributed by atoms with Crippen LogP contribution in [0.15, 0.2) is 36.4 Å². The largest absolute Gasteiger partial charge is 0.438 e. The Bertz CT molecular complexity index is 1420. The average Bonchev–Trinajstić information content (AvgIpc) is 3.06. The minimum Gasteiger partial charge on any atom is -0.438 e. The average molecular weight is 639 g/mol. The number of aryl methyl sites for hydroxylation is 1. The van der Waals surface area contributed by atoms with Gasteiger partial charge in [0, 0.05) is 70.1 Å². The van der Waals surface area contributed by atoms with Gasteiger partial charge in [-0.1, -0.05) is 42.8 Å². The van der Waals surface area contributed by atoms with Crippen molar-refractivity contribution in [3.8, 4) is 0 Å². The van der Waals surface area contributed by atoms with E-state index in [0.717, 1.165) is 61.4 Å². The zero-order valence-corrected chi connectivity index (χ0v) is 26.6. The Kier molecular flexibility index (Phi) is 9.39. The second kappa shape index (κ2) is 13.4. The van der Waals surface area contributed by atoms with Gasteiger partial charge in [0.2, 0.25) is 0 Å². The van der Waals surface area contributed by atoms with Gasteiger partial charge in [0.1, 0.15) is 5.60 Å². The molecule has 2 aromatic rings. The summed E-state index contributed by atoms with van der Waals surface area (Å²) in [5.74, 6) is -0.200. The number of carbonyl (C=O) groups excluding carboxylic acids is 3. The molecule has 0 aromatic heterocycles. The van der Waals surface area contributed by atoms with Crippen molar-refractivity contribution in [1.29, 1.82) is 0 Å². The van der Waals surface area contributed by atoms with Crippen molar-refractivity contribution < 1.29 is 23.9 Å². The summed E-state index contributed by atoms with van der Waals surface area (Å²) in [6, 6.07) is 11.8. The summed E-state index contributed by atoms with van der Waals surface area (Å²) >= 11 is 6.46. The molecule has 45 heavy (non-hydrogen) atoms. The van der Waals surface area contributed by atoms with Gasteiger partial charge in [-0.25, -0.2) is 9.59 Å². The first kappa shape index (κ1) is 31.4. The molecule has 4 aliphatic heterocycles. The quantitative estimate of drug-likeness (QED) is 0.405. The maximum atomic E-state index is 14.0. The molecule has 4 aliphatic rings. The molecule has 4 heterocycles. The van der Waals surface area contributed by atoms with Crippen molar-refractivity contribution in [1.82, 2.24) is 20.0 Å². The third kappa shape index (κ3) is 6.71. The van der Waals surface area contributed by atoms with Gasteiger partial charge in [-0.2, -0.15) is 0 Å². The lowest BCUT2D eigenvalue weighted by Crippen LogP contribution is -2.56. The molecule has 0 aliphatic carbocycles. The van der Waals surface area contributed by atoms with Crippen LogP contribution in [0.4, 0.5) is 21.0 Å². The number of fused-ring (bicyclic) bond motifs is 2. The van der Waals surface area contributed by atoms with Gasteiger partial charge < -0.3 is 30.3 Å². The third-order valence-corrected chi connectivity index (χ3v) is 10.1. The number of ether oxygens (including phenoxy) is 2. The molecule has 1 atom stereocenters. The van der Waals surface area contributed by atoms with E-state index in [1.165, 1.54) is 0 Å². The topological polar surface area (TPSA) is 129 Å². The molecule has 2 aromatic carbocycles. The van der Waals surface area contributed by atoms with E-state index in [-0.39, 0.29) is 12.3 Å². The first-order chi connectivity index (χ1) is 21.8. The Morgan fingerprint density at radius 1 is 1.07 bits per heavy atom. The summed E-state index contributed by atoms with van der Waals surface area (Å²) in [7, 11) is 0. The molecule has 1 spiro atoms. The number of anilines is 2. The van der Waals surface area contributed by atoms with E-state index in [0.29, 0.717) is 62.2 Å². The van der Waals surface area contributed by atoms with Crippen molar-refractivity contribution >= 4 is 41.1 Å². The summed E-state index contributed by atoms with van der Waals surface area (Å²) in [5, 5.41) is 6.61. The van der Waals surface area contributed by atoms with Crippen LogP contribution in [0.3, 0.4) is 0 Å². The van der Waals surface area contributed by atoms with E-state index in [1.807, 2.05) is 42.2 Å². The van der Waals surface area contributed by atoms with Gasteiger partial charge >= 0.3 is 12.2 Å². The standard InChI is InChI=1S/C33H43ClN6O5/c1-2-23-19-22(20-26(34)29(23)35)21-28(30(41)39-17-15-38(16-18-39)24-7-11-36-12-8-24)44-32(43)40-13-9-33(10-14-40)25-5-3-4-6-27(25)37-31(42)45-33/h3-6,19-20,24,28,36H,2,7-18,21,35H2,1H3,(H,37,42)/t28-/m1/s1. The fraction of sp³-hybridized carbons (Fsp3) is 0.545. The predicted molar refractivity (Wildman–Crippen MR) is 172 cm³/mol. The Morgan fingerprint density at radius 3 is 2.49 bits per heavy atom. The minimum atomic E-state index is -1.01. The Balaban J connectivity index is 1.15. The molecule has 242 valence electrons. The highest BCUT2D eigenvalue weighted by Crippen LogP contribution is 2.43. The normalized spacial score (nSPS) is 21.1. The lowest BCUT2D eigenvalue weighted by atomic mass is 9.82. The number of nitrogens with one attached hydrogen (secondary N) is 2. The maximum absolute atomic E-state index is 14.0. The van der Waals surface area contributed by atoms with Crippen LogP contribution < -0.4 is 16.4 Å². The fourth-order valence-corrected chi connectivity index (χ4v) is 7.46. The second-order valence-electron chi connectivity index (χ2n) is 12.5. The van der Waals surface area contributed by atoms with Crippen LogP contribution in [0.2, 0.25) is 5.02 Å². The fourth-order valence-electron chi connectivity index (χ4n) is 7.20. The smallest absolute Gasteiger partial charge is 0.412 e. The van der Waals surface area contributed by atoms with E-state index in [4.69, 9.17) is 26.8 Å². The highest BCUT2D eigenvalue weighted by atomic mass is 35.5. The van der Waals surface area contributed by atoms with Crippen LogP contribution in [-0.2, 0) is 32.7 Å². The van der Waals surface area contributed by atoms with E-state index < -0.39 is 23.9 Å². The number of piperazine rings is 1. The summed E-state index contributed by atoms with van der Waals surface area (Å²) in [4.78, 5) is 45.9. The van der Waals surface area contributed by atoms with Crippen LogP contribution in [0.5, 0.6) is 0 Å². The van der Waals surface area contributed by atoms with E-state index in [1.54, 1.807) is 11.0 Å². The van der Waals surface area contributed by atoms with Gasteiger partial charge in [-0.15, -0.1) is 0 Å². The van der Waals surface area contributed by atoms with Crippen molar-refractivity contribution in [3.63, 3.8) is 0 Å². The van der Waals surface area contributed by atoms with Crippen LogP contribution in [0, 0.1) is 0 Å². The van der Waals surface area contributed by atoms with Crippen LogP contribution in [0.1, 0.15) is 49.3 Å². The molecule has 11 nitrogen and oxygen atoms in total. The molecule has 0 radical (unpaired) electrons. The Labute approximate surface area is 269 Å².